The van der Waals surface area contributed by atoms with Gasteiger partial charge in [0.25, 0.3) is 5.88 Å². The van der Waals surface area contributed by atoms with E-state index in [0.29, 0.717) is 16.7 Å². The molecule has 0 unspecified atom stereocenters. The van der Waals surface area contributed by atoms with Gasteiger partial charge >= 0.3 is 0 Å². The molecule has 1 heterocycles. The molecule has 0 saturated carbocycles. The maximum Gasteiger partial charge on any atom is 0.265 e. The molecule has 0 amide bonds. The van der Waals surface area contributed by atoms with E-state index in [0.717, 1.165) is 5.56 Å². The van der Waals surface area contributed by atoms with E-state index in [9.17, 15) is 19.8 Å². The van der Waals surface area contributed by atoms with Gasteiger partial charge in [0.15, 0.2) is 17.1 Å². The van der Waals surface area contributed by atoms with Crippen LogP contribution in [0.25, 0.3) is 0 Å². The number of ketones is 2. The molecule has 0 saturated heterocycles. The molecule has 0 radical (unpaired) electrons. The zero-order valence-electron chi connectivity index (χ0n) is 22.1. The van der Waals surface area contributed by atoms with Crippen molar-refractivity contribution in [2.45, 2.75) is 44.9 Å². The first-order valence-electron chi connectivity index (χ1n) is 12.9. The van der Waals surface area contributed by atoms with Crippen LogP contribution in [-0.4, -0.2) is 51.5 Å². The largest absolute Gasteiger partial charge is 0.508 e. The van der Waals surface area contributed by atoms with Crippen molar-refractivity contribution in [1.29, 1.82) is 0 Å². The van der Waals surface area contributed by atoms with Crippen molar-refractivity contribution >= 4 is 11.6 Å². The number of carbonyl (C=O) groups is 2. The van der Waals surface area contributed by atoms with E-state index in [4.69, 9.17) is 9.26 Å². The first-order valence-corrected chi connectivity index (χ1v) is 12.9. The second kappa shape index (κ2) is 8.86. The highest BCUT2D eigenvalue weighted by Gasteiger charge is 2.63. The SMILES string of the molecule is Cc1cc(F)c2c(c1C)C(=O)C1=C(O)[C@]3(O)C(=O)c4c(OCc5ccccc5)noc4[C@@H](N(C)C)[C@@H]3C[C@@H]1C2. The number of Topliss-reactive ketones (excluding diaryl/α,β-unsaturated/α-hetero) is 2. The number of aliphatic hydroxyl groups is 2. The summed E-state index contributed by atoms with van der Waals surface area (Å²) in [4.78, 5) is 29.6. The number of carbonyl (C=O) groups excluding carboxylic acids is 2. The number of aryl methyl sites for hydroxylation is 1. The lowest BCUT2D eigenvalue weighted by atomic mass is 9.58. The lowest BCUT2D eigenvalue weighted by Gasteiger charge is -2.49. The fraction of sp³-hybridized carbons (Fsp3) is 0.367. The first kappa shape index (κ1) is 25.5. The smallest absolute Gasteiger partial charge is 0.265 e. The number of allylic oxidation sites excluding steroid dienone is 1. The average molecular weight is 533 g/mol. The molecular formula is C30H29FN2O6. The van der Waals surface area contributed by atoms with Gasteiger partial charge in [-0.1, -0.05) is 30.3 Å². The summed E-state index contributed by atoms with van der Waals surface area (Å²) in [6.07, 6.45) is 0.325. The second-order valence-electron chi connectivity index (χ2n) is 11.0. The maximum absolute atomic E-state index is 15.0. The van der Waals surface area contributed by atoms with Crippen LogP contribution in [0.3, 0.4) is 0 Å². The number of halogens is 1. The van der Waals surface area contributed by atoms with E-state index in [1.165, 1.54) is 6.07 Å². The van der Waals surface area contributed by atoms with Gasteiger partial charge in [-0.25, -0.2) is 4.39 Å². The third kappa shape index (κ3) is 3.53. The second-order valence-corrected chi connectivity index (χ2v) is 11.0. The van der Waals surface area contributed by atoms with Gasteiger partial charge in [-0.2, -0.15) is 0 Å². The monoisotopic (exact) mass is 532 g/mol. The van der Waals surface area contributed by atoms with Crippen molar-refractivity contribution in [3.63, 3.8) is 0 Å². The number of benzene rings is 2. The molecule has 6 rings (SSSR count). The fourth-order valence-corrected chi connectivity index (χ4v) is 6.59. The minimum Gasteiger partial charge on any atom is -0.508 e. The van der Waals surface area contributed by atoms with Gasteiger partial charge in [0.2, 0.25) is 5.78 Å². The number of aliphatic hydroxyl groups excluding tert-OH is 1. The fourth-order valence-electron chi connectivity index (χ4n) is 6.59. The van der Waals surface area contributed by atoms with Gasteiger partial charge < -0.3 is 19.5 Å². The minimum atomic E-state index is -2.41. The number of hydrogen-bond donors (Lipinski definition) is 2. The topological polar surface area (TPSA) is 113 Å². The van der Waals surface area contributed by atoms with E-state index in [-0.39, 0.29) is 47.8 Å². The summed E-state index contributed by atoms with van der Waals surface area (Å²) in [5, 5.41) is 27.7. The molecule has 2 aromatic carbocycles. The summed E-state index contributed by atoms with van der Waals surface area (Å²) >= 11 is 0. The molecule has 0 aliphatic heterocycles. The number of hydrogen-bond acceptors (Lipinski definition) is 8. The van der Waals surface area contributed by atoms with Gasteiger partial charge in [0.1, 0.15) is 23.7 Å². The predicted molar refractivity (Wildman–Crippen MR) is 138 cm³/mol. The van der Waals surface area contributed by atoms with Crippen LogP contribution in [-0.2, 0) is 13.0 Å². The Morgan fingerprint density at radius 1 is 1.18 bits per heavy atom. The molecule has 1 aromatic heterocycles. The van der Waals surface area contributed by atoms with Crippen LogP contribution in [0.15, 0.2) is 52.3 Å². The van der Waals surface area contributed by atoms with Crippen LogP contribution in [0.5, 0.6) is 5.88 Å². The zero-order valence-corrected chi connectivity index (χ0v) is 22.1. The Labute approximate surface area is 224 Å². The third-order valence-electron chi connectivity index (χ3n) is 8.61. The van der Waals surface area contributed by atoms with Gasteiger partial charge in [0, 0.05) is 17.1 Å². The van der Waals surface area contributed by atoms with Gasteiger partial charge in [-0.15, -0.1) is 0 Å². The molecule has 0 spiro atoms. The normalized spacial score (nSPS) is 25.8. The molecule has 0 fully saturated rings. The molecule has 0 bridgehead atoms. The molecule has 4 atom stereocenters. The van der Waals surface area contributed by atoms with E-state index >= 15 is 4.39 Å². The molecule has 3 aliphatic carbocycles. The summed E-state index contributed by atoms with van der Waals surface area (Å²) in [6, 6.07) is 10.0. The Kier molecular flexibility index (Phi) is 5.78. The Hall–Kier alpha value is -3.82. The Balaban J connectivity index is 1.48. The van der Waals surface area contributed by atoms with Crippen molar-refractivity contribution in [3.8, 4) is 5.88 Å². The predicted octanol–water partition coefficient (Wildman–Crippen LogP) is 4.43. The van der Waals surface area contributed by atoms with Gasteiger partial charge in [-0.05, 0) is 80.2 Å². The number of aromatic nitrogens is 1. The quantitative estimate of drug-likeness (QED) is 0.508. The van der Waals surface area contributed by atoms with Crippen LogP contribution in [0, 0.1) is 31.5 Å². The van der Waals surface area contributed by atoms with Crippen LogP contribution >= 0.6 is 0 Å². The van der Waals surface area contributed by atoms with Crippen molar-refractivity contribution in [2.24, 2.45) is 11.8 Å². The van der Waals surface area contributed by atoms with Crippen molar-refractivity contribution in [2.75, 3.05) is 14.1 Å². The summed E-state index contributed by atoms with van der Waals surface area (Å²) in [7, 11) is 3.53. The number of ether oxygens (including phenoxy) is 1. The average Bonchev–Trinajstić information content (AvgIpc) is 3.32. The van der Waals surface area contributed by atoms with Crippen molar-refractivity contribution in [3.05, 3.63) is 92.7 Å². The number of fused-ring (bicyclic) bond motifs is 4. The zero-order chi connectivity index (χ0) is 27.8. The van der Waals surface area contributed by atoms with E-state index in [1.807, 2.05) is 30.3 Å². The highest BCUT2D eigenvalue weighted by atomic mass is 19.1. The molecule has 3 aromatic rings. The summed E-state index contributed by atoms with van der Waals surface area (Å²) in [6.45, 7) is 3.56. The Morgan fingerprint density at radius 2 is 1.90 bits per heavy atom. The highest BCUT2D eigenvalue weighted by molar-refractivity contribution is 6.15. The number of nitrogens with zero attached hydrogens (tertiary/aromatic N) is 2. The lowest BCUT2D eigenvalue weighted by Crippen LogP contribution is -2.59. The first-order chi connectivity index (χ1) is 18.6. The molecule has 3 aliphatic rings. The minimum absolute atomic E-state index is 0.0353. The van der Waals surface area contributed by atoms with Crippen molar-refractivity contribution in [1.82, 2.24) is 10.1 Å². The Morgan fingerprint density at radius 3 is 2.59 bits per heavy atom. The van der Waals surface area contributed by atoms with E-state index < -0.39 is 46.6 Å². The molecular weight excluding hydrogens is 503 g/mol. The van der Waals surface area contributed by atoms with E-state index in [2.05, 4.69) is 5.16 Å². The molecule has 8 nitrogen and oxygen atoms in total. The molecule has 2 N–H and O–H groups in total. The van der Waals surface area contributed by atoms with E-state index in [1.54, 1.807) is 32.8 Å². The molecule has 9 heteroatoms. The molecule has 202 valence electrons. The van der Waals surface area contributed by atoms with Gasteiger partial charge in [-0.3, -0.25) is 14.5 Å². The summed E-state index contributed by atoms with van der Waals surface area (Å²) in [5.74, 6) is -3.87. The standard InChI is InChI=1S/C30H29FN2O6/c1-14-10-20(31)18-11-17-12-19-24(33(3)4)26-23(29(32-39-26)38-13-16-8-6-5-7-9-16)28(36)30(19,37)27(35)22(17)25(34)21(18)15(14)2/h5-10,17,19,24,35,37H,11-13H2,1-4H3/t17-,19-,24-,30-/m0/s1. The summed E-state index contributed by atoms with van der Waals surface area (Å²) < 4.78 is 26.5. The van der Waals surface area contributed by atoms with Crippen LogP contribution < -0.4 is 4.74 Å². The van der Waals surface area contributed by atoms with Crippen molar-refractivity contribution < 1.29 is 33.5 Å². The highest BCUT2D eigenvalue weighted by Crippen LogP contribution is 2.56. The van der Waals surface area contributed by atoms with Gasteiger partial charge in [0.05, 0.1) is 6.04 Å². The van der Waals surface area contributed by atoms with Crippen LogP contribution in [0.2, 0.25) is 0 Å². The third-order valence-corrected chi connectivity index (χ3v) is 8.61. The number of rotatable bonds is 4. The summed E-state index contributed by atoms with van der Waals surface area (Å²) in [5.41, 5.74) is 0.0568. The molecule has 39 heavy (non-hydrogen) atoms. The maximum atomic E-state index is 15.0. The van der Waals surface area contributed by atoms with Crippen LogP contribution in [0.1, 0.15) is 61.2 Å². The van der Waals surface area contributed by atoms with Crippen LogP contribution in [0.4, 0.5) is 4.39 Å². The Bertz CT molecular complexity index is 1560. The lowest BCUT2D eigenvalue weighted by molar-refractivity contribution is -0.0559.